The van der Waals surface area contributed by atoms with Gasteiger partial charge in [0.1, 0.15) is 16.9 Å². The van der Waals surface area contributed by atoms with Crippen LogP contribution in [0.4, 0.5) is 11.5 Å². The molecule has 0 aliphatic carbocycles. The molecule has 0 unspecified atom stereocenters. The molecule has 4 rings (SSSR count). The Morgan fingerprint density at radius 2 is 1.91 bits per heavy atom. The second-order valence-electron chi connectivity index (χ2n) is 5.53. The third-order valence-electron chi connectivity index (χ3n) is 3.86. The zero-order valence-corrected chi connectivity index (χ0v) is 13.2. The highest BCUT2D eigenvalue weighted by Gasteiger charge is 2.14. The van der Waals surface area contributed by atoms with Gasteiger partial charge in [0, 0.05) is 24.3 Å². The van der Waals surface area contributed by atoms with E-state index in [2.05, 4.69) is 25.4 Å². The summed E-state index contributed by atoms with van der Waals surface area (Å²) in [6.45, 7) is 3.85. The minimum absolute atomic E-state index is 0.717. The second-order valence-corrected chi connectivity index (χ2v) is 5.53. The number of fused-ring (bicyclic) bond motifs is 2. The predicted molar refractivity (Wildman–Crippen MR) is 90.8 cm³/mol. The van der Waals surface area contributed by atoms with Crippen LogP contribution in [0.1, 0.15) is 11.5 Å². The van der Waals surface area contributed by atoms with Gasteiger partial charge >= 0.3 is 0 Å². The van der Waals surface area contributed by atoms with Crippen LogP contribution >= 0.6 is 0 Å². The molecule has 3 heterocycles. The van der Waals surface area contributed by atoms with Gasteiger partial charge in [0.2, 0.25) is 0 Å². The summed E-state index contributed by atoms with van der Waals surface area (Å²) in [5, 5.41) is 8.94. The largest absolute Gasteiger partial charge is 0.338 e. The van der Waals surface area contributed by atoms with Crippen molar-refractivity contribution in [1.82, 2.24) is 24.7 Å². The highest BCUT2D eigenvalue weighted by atomic mass is 15.3. The van der Waals surface area contributed by atoms with Crippen molar-refractivity contribution in [3.63, 3.8) is 0 Å². The lowest BCUT2D eigenvalue weighted by Gasteiger charge is -2.11. The Kier molecular flexibility index (Phi) is 2.97. The quantitative estimate of drug-likeness (QED) is 0.615. The first-order valence-electron chi connectivity index (χ1n) is 7.42. The molecule has 0 saturated heterocycles. The van der Waals surface area contributed by atoms with Crippen molar-refractivity contribution in [1.29, 1.82) is 0 Å². The SMILES string of the molecule is Cc1nc(Nc2cccc3ncccc23)c2c(n1)c(C)nn2C. The molecular formula is C17H16N6. The molecule has 6 heteroatoms. The lowest BCUT2D eigenvalue weighted by Crippen LogP contribution is -2.02. The summed E-state index contributed by atoms with van der Waals surface area (Å²) in [4.78, 5) is 13.5. The molecule has 0 saturated carbocycles. The zero-order valence-electron chi connectivity index (χ0n) is 13.2. The minimum Gasteiger partial charge on any atom is -0.338 e. The molecule has 0 radical (unpaired) electrons. The van der Waals surface area contributed by atoms with E-state index in [1.807, 2.05) is 55.9 Å². The van der Waals surface area contributed by atoms with E-state index in [9.17, 15) is 0 Å². The van der Waals surface area contributed by atoms with Crippen LogP contribution in [0.3, 0.4) is 0 Å². The molecule has 0 amide bonds. The van der Waals surface area contributed by atoms with E-state index in [0.29, 0.717) is 0 Å². The summed E-state index contributed by atoms with van der Waals surface area (Å²) in [5.74, 6) is 1.47. The highest BCUT2D eigenvalue weighted by molar-refractivity contribution is 5.96. The van der Waals surface area contributed by atoms with Crippen molar-refractivity contribution in [3.8, 4) is 0 Å². The van der Waals surface area contributed by atoms with Gasteiger partial charge < -0.3 is 5.32 Å². The molecule has 3 aromatic heterocycles. The van der Waals surface area contributed by atoms with Gasteiger partial charge in [0.25, 0.3) is 0 Å². The number of anilines is 2. The van der Waals surface area contributed by atoms with E-state index in [0.717, 1.165) is 45.0 Å². The lowest BCUT2D eigenvalue weighted by molar-refractivity contribution is 0.782. The first-order valence-corrected chi connectivity index (χ1v) is 7.42. The van der Waals surface area contributed by atoms with Crippen molar-refractivity contribution in [2.45, 2.75) is 13.8 Å². The number of hydrogen-bond donors (Lipinski definition) is 1. The maximum Gasteiger partial charge on any atom is 0.160 e. The van der Waals surface area contributed by atoms with Crippen molar-refractivity contribution >= 4 is 33.4 Å². The fourth-order valence-electron chi connectivity index (χ4n) is 2.87. The zero-order chi connectivity index (χ0) is 16.0. The van der Waals surface area contributed by atoms with Gasteiger partial charge in [-0.15, -0.1) is 0 Å². The normalized spacial score (nSPS) is 11.3. The number of hydrogen-bond acceptors (Lipinski definition) is 5. The lowest BCUT2D eigenvalue weighted by atomic mass is 10.2. The Morgan fingerprint density at radius 1 is 1.04 bits per heavy atom. The van der Waals surface area contributed by atoms with E-state index >= 15 is 0 Å². The molecule has 114 valence electrons. The van der Waals surface area contributed by atoms with E-state index in [1.54, 1.807) is 6.20 Å². The van der Waals surface area contributed by atoms with Crippen molar-refractivity contribution in [2.75, 3.05) is 5.32 Å². The summed E-state index contributed by atoms with van der Waals surface area (Å²) in [5.41, 5.74) is 4.58. The molecule has 23 heavy (non-hydrogen) atoms. The van der Waals surface area contributed by atoms with Crippen LogP contribution in [0.15, 0.2) is 36.5 Å². The summed E-state index contributed by atoms with van der Waals surface area (Å²) in [6.07, 6.45) is 1.80. The molecule has 4 aromatic rings. The van der Waals surface area contributed by atoms with Crippen LogP contribution in [-0.4, -0.2) is 24.7 Å². The molecule has 0 aliphatic heterocycles. The maximum absolute atomic E-state index is 4.57. The Bertz CT molecular complexity index is 1030. The number of nitrogens with one attached hydrogen (secondary N) is 1. The number of aromatic nitrogens is 5. The molecule has 0 bridgehead atoms. The standard InChI is InChI=1S/C17H16N6/c1-10-15-16(23(3)22-10)17(20-11(2)19-15)21-14-8-4-7-13-12(14)6-5-9-18-13/h4-9H,1-3H3,(H,19,20,21). The smallest absolute Gasteiger partial charge is 0.160 e. The van der Waals surface area contributed by atoms with Gasteiger partial charge in [-0.25, -0.2) is 9.97 Å². The molecule has 0 spiro atoms. The van der Waals surface area contributed by atoms with Crippen molar-refractivity contribution in [3.05, 3.63) is 48.0 Å². The fourth-order valence-corrected chi connectivity index (χ4v) is 2.87. The third kappa shape index (κ3) is 2.19. The molecular weight excluding hydrogens is 288 g/mol. The monoisotopic (exact) mass is 304 g/mol. The summed E-state index contributed by atoms with van der Waals surface area (Å²) in [6, 6.07) is 9.98. The predicted octanol–water partition coefficient (Wildman–Crippen LogP) is 3.27. The summed E-state index contributed by atoms with van der Waals surface area (Å²) >= 11 is 0. The van der Waals surface area contributed by atoms with Crippen molar-refractivity contribution in [2.24, 2.45) is 7.05 Å². The number of pyridine rings is 1. The number of nitrogens with zero attached hydrogens (tertiary/aromatic N) is 5. The second kappa shape index (κ2) is 5.01. The highest BCUT2D eigenvalue weighted by Crippen LogP contribution is 2.28. The average Bonchev–Trinajstić information content (AvgIpc) is 2.82. The van der Waals surface area contributed by atoms with Crippen LogP contribution in [0.2, 0.25) is 0 Å². The van der Waals surface area contributed by atoms with Gasteiger partial charge in [0.05, 0.1) is 11.2 Å². The van der Waals surface area contributed by atoms with Gasteiger partial charge in [-0.05, 0) is 38.1 Å². The minimum atomic E-state index is 0.717. The Morgan fingerprint density at radius 3 is 2.78 bits per heavy atom. The van der Waals surface area contributed by atoms with Crippen molar-refractivity contribution < 1.29 is 0 Å². The van der Waals surface area contributed by atoms with Crippen LogP contribution in [0.25, 0.3) is 21.9 Å². The summed E-state index contributed by atoms with van der Waals surface area (Å²) < 4.78 is 1.82. The first-order chi connectivity index (χ1) is 11.1. The van der Waals surface area contributed by atoms with E-state index < -0.39 is 0 Å². The molecule has 0 aliphatic rings. The van der Waals surface area contributed by atoms with E-state index in [1.165, 1.54) is 0 Å². The number of aryl methyl sites for hydroxylation is 3. The Labute approximate surface area is 133 Å². The number of rotatable bonds is 2. The van der Waals surface area contributed by atoms with Gasteiger partial charge in [-0.2, -0.15) is 5.10 Å². The average molecular weight is 304 g/mol. The van der Waals surface area contributed by atoms with E-state index in [4.69, 9.17) is 0 Å². The van der Waals surface area contributed by atoms with Crippen LogP contribution in [0.5, 0.6) is 0 Å². The summed E-state index contributed by atoms with van der Waals surface area (Å²) in [7, 11) is 1.91. The molecule has 0 fully saturated rings. The number of benzene rings is 1. The van der Waals surface area contributed by atoms with Gasteiger partial charge in [-0.1, -0.05) is 6.07 Å². The van der Waals surface area contributed by atoms with E-state index in [-0.39, 0.29) is 0 Å². The molecule has 1 aromatic carbocycles. The van der Waals surface area contributed by atoms with Gasteiger partial charge in [0.15, 0.2) is 5.82 Å². The molecule has 6 nitrogen and oxygen atoms in total. The first kappa shape index (κ1) is 13.6. The molecule has 1 N–H and O–H groups in total. The van der Waals surface area contributed by atoms with Gasteiger partial charge in [-0.3, -0.25) is 9.67 Å². The molecule has 0 atom stereocenters. The topological polar surface area (TPSA) is 68.5 Å². The maximum atomic E-state index is 4.57. The van der Waals surface area contributed by atoms with Crippen LogP contribution < -0.4 is 5.32 Å². The third-order valence-corrected chi connectivity index (χ3v) is 3.86. The van der Waals surface area contributed by atoms with Crippen LogP contribution in [0, 0.1) is 13.8 Å². The Balaban J connectivity index is 1.93. The van der Waals surface area contributed by atoms with Crippen LogP contribution in [-0.2, 0) is 7.05 Å². The Hall–Kier alpha value is -3.02. The fraction of sp³-hybridized carbons (Fsp3) is 0.176.